The van der Waals surface area contributed by atoms with Crippen LogP contribution in [0.1, 0.15) is 20.7 Å². The molecule has 0 bridgehead atoms. The number of rotatable bonds is 6. The van der Waals surface area contributed by atoms with E-state index in [0.717, 1.165) is 5.39 Å². The van der Waals surface area contributed by atoms with Crippen LogP contribution in [0, 0.1) is 0 Å². The molecule has 0 fully saturated rings. The predicted molar refractivity (Wildman–Crippen MR) is 123 cm³/mol. The molecular weight excluding hydrogens is 406 g/mol. The van der Waals surface area contributed by atoms with Crippen molar-refractivity contribution in [2.45, 2.75) is 0 Å². The Morgan fingerprint density at radius 1 is 0.656 bits per heavy atom. The summed E-state index contributed by atoms with van der Waals surface area (Å²) in [5, 5.41) is 4.40. The third kappa shape index (κ3) is 4.39. The highest BCUT2D eigenvalue weighted by Crippen LogP contribution is 2.32. The van der Waals surface area contributed by atoms with Gasteiger partial charge in [0.05, 0.1) is 19.8 Å². The van der Waals surface area contributed by atoms with Gasteiger partial charge in [0.2, 0.25) is 0 Å². The Balaban J connectivity index is 1.59. The fourth-order valence-corrected chi connectivity index (χ4v) is 3.29. The first kappa shape index (κ1) is 20.9. The summed E-state index contributed by atoms with van der Waals surface area (Å²) in [6, 6.07) is 24.4. The molecule has 0 radical (unpaired) electrons. The van der Waals surface area contributed by atoms with Gasteiger partial charge < -0.3 is 19.5 Å². The largest absolute Gasteiger partial charge is 0.497 e. The summed E-state index contributed by atoms with van der Waals surface area (Å²) < 4.78 is 15.9. The molecule has 0 spiro atoms. The number of carbonyl (C=O) groups excluding carboxylic acids is 2. The second-order valence-corrected chi connectivity index (χ2v) is 6.96. The molecule has 6 heteroatoms. The highest BCUT2D eigenvalue weighted by molar-refractivity contribution is 6.10. The maximum atomic E-state index is 12.7. The van der Waals surface area contributed by atoms with Crippen LogP contribution in [-0.4, -0.2) is 26.1 Å². The van der Waals surface area contributed by atoms with Crippen LogP contribution in [0.2, 0.25) is 0 Å². The van der Waals surface area contributed by atoms with Crippen LogP contribution >= 0.6 is 0 Å². The summed E-state index contributed by atoms with van der Waals surface area (Å²) in [5.41, 5.74) is 1.53. The molecular formula is C26H21NO5. The van der Waals surface area contributed by atoms with Gasteiger partial charge >= 0.3 is 5.97 Å². The van der Waals surface area contributed by atoms with Gasteiger partial charge in [-0.05, 0) is 60.7 Å². The van der Waals surface area contributed by atoms with Crippen molar-refractivity contribution in [2.24, 2.45) is 0 Å². The molecule has 0 unspecified atom stereocenters. The Hall–Kier alpha value is -4.32. The van der Waals surface area contributed by atoms with E-state index in [4.69, 9.17) is 14.2 Å². The van der Waals surface area contributed by atoms with Crippen LogP contribution < -0.4 is 19.5 Å². The first-order valence-corrected chi connectivity index (χ1v) is 9.92. The summed E-state index contributed by atoms with van der Waals surface area (Å²) in [6.07, 6.45) is 0. The first-order chi connectivity index (χ1) is 15.6. The smallest absolute Gasteiger partial charge is 0.343 e. The van der Waals surface area contributed by atoms with Crippen molar-refractivity contribution in [3.63, 3.8) is 0 Å². The molecule has 32 heavy (non-hydrogen) atoms. The van der Waals surface area contributed by atoms with E-state index in [1.807, 2.05) is 24.3 Å². The molecule has 4 aromatic rings. The van der Waals surface area contributed by atoms with Crippen LogP contribution in [0.15, 0.2) is 84.9 Å². The van der Waals surface area contributed by atoms with E-state index in [1.54, 1.807) is 74.9 Å². The molecule has 0 heterocycles. The first-order valence-electron chi connectivity index (χ1n) is 9.92. The Bertz CT molecular complexity index is 1160. The fourth-order valence-electron chi connectivity index (χ4n) is 3.29. The summed E-state index contributed by atoms with van der Waals surface area (Å²) >= 11 is 0. The van der Waals surface area contributed by atoms with Gasteiger partial charge in [-0.1, -0.05) is 24.3 Å². The zero-order valence-corrected chi connectivity index (χ0v) is 17.6. The van der Waals surface area contributed by atoms with Crippen molar-refractivity contribution < 1.29 is 23.8 Å². The van der Waals surface area contributed by atoms with E-state index >= 15 is 0 Å². The van der Waals surface area contributed by atoms with Gasteiger partial charge in [-0.15, -0.1) is 0 Å². The van der Waals surface area contributed by atoms with Crippen molar-refractivity contribution in [1.29, 1.82) is 0 Å². The molecule has 1 N–H and O–H groups in total. The molecule has 0 aliphatic carbocycles. The topological polar surface area (TPSA) is 73.9 Å². The van der Waals surface area contributed by atoms with E-state index in [1.165, 1.54) is 0 Å². The second-order valence-electron chi connectivity index (χ2n) is 6.96. The second kappa shape index (κ2) is 9.22. The molecule has 0 saturated carbocycles. The number of carbonyl (C=O) groups is 2. The number of methoxy groups -OCH3 is 2. The minimum absolute atomic E-state index is 0.249. The van der Waals surface area contributed by atoms with Gasteiger partial charge in [0, 0.05) is 22.0 Å². The maximum Gasteiger partial charge on any atom is 0.343 e. The van der Waals surface area contributed by atoms with E-state index in [9.17, 15) is 9.59 Å². The highest BCUT2D eigenvalue weighted by Gasteiger charge is 2.14. The van der Waals surface area contributed by atoms with E-state index in [2.05, 4.69) is 5.32 Å². The van der Waals surface area contributed by atoms with Gasteiger partial charge in [-0.2, -0.15) is 0 Å². The molecule has 0 aliphatic heterocycles. The van der Waals surface area contributed by atoms with Crippen LogP contribution in [0.3, 0.4) is 0 Å². The Kier molecular flexibility index (Phi) is 6.03. The molecule has 160 valence electrons. The van der Waals surface area contributed by atoms with Gasteiger partial charge in [0.25, 0.3) is 5.91 Å². The maximum absolute atomic E-state index is 12.7. The summed E-state index contributed by atoms with van der Waals surface area (Å²) in [5.74, 6) is 1.01. The molecule has 0 aliphatic rings. The van der Waals surface area contributed by atoms with Gasteiger partial charge in [0.15, 0.2) is 0 Å². The van der Waals surface area contributed by atoms with Crippen molar-refractivity contribution >= 4 is 28.3 Å². The van der Waals surface area contributed by atoms with E-state index < -0.39 is 5.97 Å². The van der Waals surface area contributed by atoms with Crippen LogP contribution in [0.5, 0.6) is 17.2 Å². The number of benzene rings is 4. The molecule has 6 nitrogen and oxygen atoms in total. The van der Waals surface area contributed by atoms with Crippen molar-refractivity contribution in [1.82, 2.24) is 0 Å². The molecule has 0 atom stereocenters. The van der Waals surface area contributed by atoms with E-state index in [-0.39, 0.29) is 5.91 Å². The summed E-state index contributed by atoms with van der Waals surface area (Å²) in [7, 11) is 3.14. The molecule has 0 aromatic heterocycles. The Morgan fingerprint density at radius 3 is 1.81 bits per heavy atom. The third-order valence-corrected chi connectivity index (χ3v) is 5.01. The Labute approximate surface area is 185 Å². The Morgan fingerprint density at radius 2 is 1.22 bits per heavy atom. The molecule has 0 saturated heterocycles. The molecule has 4 aromatic carbocycles. The van der Waals surface area contributed by atoms with Crippen molar-refractivity contribution in [3.8, 4) is 17.2 Å². The van der Waals surface area contributed by atoms with Gasteiger partial charge in [-0.3, -0.25) is 4.79 Å². The molecule has 4 rings (SSSR count). The van der Waals surface area contributed by atoms with E-state index in [0.29, 0.717) is 39.4 Å². The third-order valence-electron chi connectivity index (χ3n) is 5.01. The average molecular weight is 427 g/mol. The lowest BCUT2D eigenvalue weighted by molar-refractivity contribution is 0.0736. The predicted octanol–water partition coefficient (Wildman–Crippen LogP) is 5.33. The SMILES string of the molecule is COc1ccc(C(=O)Nc2ccc(OC(=O)c3ccc(OC)cc3)c3ccccc23)cc1. The number of hydrogen-bond acceptors (Lipinski definition) is 5. The number of hydrogen-bond donors (Lipinski definition) is 1. The zero-order chi connectivity index (χ0) is 22.5. The number of fused-ring (bicyclic) bond motifs is 1. The average Bonchev–Trinajstić information content (AvgIpc) is 2.85. The summed E-state index contributed by atoms with van der Waals surface area (Å²) in [6.45, 7) is 0. The standard InChI is InChI=1S/C26H21NO5/c1-30-19-11-7-17(8-12-19)25(28)27-23-15-16-24(22-6-4-3-5-21(22)23)32-26(29)18-9-13-20(31-2)14-10-18/h3-16H,1-2H3,(H,27,28). The van der Waals surface area contributed by atoms with Gasteiger partial charge in [-0.25, -0.2) is 4.79 Å². The van der Waals surface area contributed by atoms with Crippen molar-refractivity contribution in [2.75, 3.05) is 19.5 Å². The quantitative estimate of drug-likeness (QED) is 0.333. The minimum atomic E-state index is -0.479. The van der Waals surface area contributed by atoms with Crippen LogP contribution in [-0.2, 0) is 0 Å². The lowest BCUT2D eigenvalue weighted by atomic mass is 10.1. The highest BCUT2D eigenvalue weighted by atomic mass is 16.5. The number of anilines is 1. The van der Waals surface area contributed by atoms with Crippen LogP contribution in [0.25, 0.3) is 10.8 Å². The minimum Gasteiger partial charge on any atom is -0.497 e. The number of esters is 1. The molecule has 1 amide bonds. The lowest BCUT2D eigenvalue weighted by Gasteiger charge is -2.13. The fraction of sp³-hybridized carbons (Fsp3) is 0.0769. The van der Waals surface area contributed by atoms with Gasteiger partial charge in [0.1, 0.15) is 17.2 Å². The zero-order valence-electron chi connectivity index (χ0n) is 17.6. The lowest BCUT2D eigenvalue weighted by Crippen LogP contribution is -2.12. The number of ether oxygens (including phenoxy) is 3. The number of amides is 1. The normalized spacial score (nSPS) is 10.4. The monoisotopic (exact) mass is 427 g/mol. The summed E-state index contributed by atoms with van der Waals surface area (Å²) in [4.78, 5) is 25.3. The number of nitrogens with one attached hydrogen (secondary N) is 1. The van der Waals surface area contributed by atoms with Crippen LogP contribution in [0.4, 0.5) is 5.69 Å². The van der Waals surface area contributed by atoms with Crippen molar-refractivity contribution in [3.05, 3.63) is 96.1 Å².